The fourth-order valence-electron chi connectivity index (χ4n) is 12.9. The highest BCUT2D eigenvalue weighted by Crippen LogP contribution is 2.24. The summed E-state index contributed by atoms with van der Waals surface area (Å²) < 4.78 is 16.8. The van der Waals surface area contributed by atoms with Gasteiger partial charge in [-0.25, -0.2) is 0 Å². The molecule has 0 aromatic heterocycles. The molecule has 1 saturated heterocycles. The maximum absolute atomic E-state index is 13.1. The third-order valence-electron chi connectivity index (χ3n) is 19.3. The van der Waals surface area contributed by atoms with Crippen LogP contribution in [0.15, 0.2) is 60.8 Å². The summed E-state index contributed by atoms with van der Waals surface area (Å²) in [7, 11) is 0. The van der Waals surface area contributed by atoms with Gasteiger partial charge in [-0.05, 0) is 96.3 Å². The zero-order chi connectivity index (χ0) is 68.6. The second kappa shape index (κ2) is 72.6. The van der Waals surface area contributed by atoms with Gasteiger partial charge in [-0.1, -0.05) is 351 Å². The number of nitrogens with one attached hydrogen (secondary N) is 1. The van der Waals surface area contributed by atoms with Gasteiger partial charge in [0.2, 0.25) is 5.91 Å². The lowest BCUT2D eigenvalue weighted by atomic mass is 9.99. The van der Waals surface area contributed by atoms with E-state index in [1.807, 2.05) is 6.08 Å². The minimum absolute atomic E-state index is 0.00128. The second-order valence-electron chi connectivity index (χ2n) is 28.5. The van der Waals surface area contributed by atoms with Crippen molar-refractivity contribution in [2.24, 2.45) is 0 Å². The molecular formula is C84H155NO10. The van der Waals surface area contributed by atoms with Crippen molar-refractivity contribution in [3.8, 4) is 0 Å². The normalized spacial score (nSPS) is 17.7. The summed E-state index contributed by atoms with van der Waals surface area (Å²) in [6.07, 6.45) is 88.3. The number of amides is 1. The number of unbranched alkanes of at least 4 members (excludes halogenated alkanes) is 51. The van der Waals surface area contributed by atoms with E-state index in [0.717, 1.165) is 70.6 Å². The number of rotatable bonds is 73. The van der Waals surface area contributed by atoms with E-state index >= 15 is 0 Å². The summed E-state index contributed by atoms with van der Waals surface area (Å²) in [5.74, 6) is -0.176. The molecule has 0 saturated carbocycles. The third kappa shape index (κ3) is 61.0. The molecule has 95 heavy (non-hydrogen) atoms. The van der Waals surface area contributed by atoms with E-state index in [0.29, 0.717) is 19.4 Å². The van der Waals surface area contributed by atoms with Crippen molar-refractivity contribution in [2.75, 3.05) is 19.8 Å². The molecule has 1 aliphatic heterocycles. The molecule has 1 rings (SSSR count). The smallest absolute Gasteiger partial charge is 0.305 e. The Labute approximate surface area is 586 Å². The van der Waals surface area contributed by atoms with Crippen molar-refractivity contribution >= 4 is 11.9 Å². The van der Waals surface area contributed by atoms with Crippen LogP contribution in [0.4, 0.5) is 0 Å². The van der Waals surface area contributed by atoms with Gasteiger partial charge in [-0.15, -0.1) is 0 Å². The van der Waals surface area contributed by atoms with Crippen LogP contribution >= 0.6 is 0 Å². The number of esters is 1. The van der Waals surface area contributed by atoms with E-state index in [9.17, 15) is 35.1 Å². The Kier molecular flexibility index (Phi) is 69.1. The summed E-state index contributed by atoms with van der Waals surface area (Å²) in [4.78, 5) is 25.2. The average molecular weight is 1340 g/mol. The maximum Gasteiger partial charge on any atom is 0.305 e. The number of carbonyl (C=O) groups is 2. The van der Waals surface area contributed by atoms with Gasteiger partial charge in [0.15, 0.2) is 6.29 Å². The van der Waals surface area contributed by atoms with Crippen LogP contribution in [-0.4, -0.2) is 100 Å². The molecule has 6 N–H and O–H groups in total. The van der Waals surface area contributed by atoms with E-state index in [1.165, 1.54) is 302 Å². The van der Waals surface area contributed by atoms with Crippen LogP contribution in [0.25, 0.3) is 0 Å². The van der Waals surface area contributed by atoms with Crippen molar-refractivity contribution in [3.05, 3.63) is 60.8 Å². The van der Waals surface area contributed by atoms with Gasteiger partial charge in [-0.3, -0.25) is 9.59 Å². The Morgan fingerprint density at radius 3 is 1.07 bits per heavy atom. The molecular weight excluding hydrogens is 1180 g/mol. The van der Waals surface area contributed by atoms with Crippen LogP contribution < -0.4 is 5.32 Å². The predicted molar refractivity (Wildman–Crippen MR) is 403 cm³/mol. The fraction of sp³-hybridized carbons (Fsp3) is 0.857. The first-order chi connectivity index (χ1) is 46.7. The molecule has 0 spiro atoms. The van der Waals surface area contributed by atoms with Gasteiger partial charge in [-0.2, -0.15) is 0 Å². The van der Waals surface area contributed by atoms with E-state index < -0.39 is 49.5 Å². The Hall–Kier alpha value is -2.64. The first kappa shape index (κ1) is 90.4. The highest BCUT2D eigenvalue weighted by molar-refractivity contribution is 5.76. The highest BCUT2D eigenvalue weighted by Gasteiger charge is 2.44. The fourth-order valence-corrected chi connectivity index (χ4v) is 12.9. The number of allylic oxidation sites excluding steroid dienone is 9. The lowest BCUT2D eigenvalue weighted by Crippen LogP contribution is -2.60. The largest absolute Gasteiger partial charge is 0.466 e. The van der Waals surface area contributed by atoms with Crippen LogP contribution in [0.1, 0.15) is 399 Å². The summed E-state index contributed by atoms with van der Waals surface area (Å²) in [5.41, 5.74) is 0. The first-order valence-electron chi connectivity index (χ1n) is 41.1. The number of aliphatic hydroxyl groups excluding tert-OH is 5. The van der Waals surface area contributed by atoms with Crippen LogP contribution in [0.3, 0.4) is 0 Å². The van der Waals surface area contributed by atoms with Crippen LogP contribution in [0.2, 0.25) is 0 Å². The molecule has 7 unspecified atom stereocenters. The van der Waals surface area contributed by atoms with Crippen LogP contribution in [0, 0.1) is 0 Å². The van der Waals surface area contributed by atoms with Gasteiger partial charge in [0, 0.05) is 12.8 Å². The van der Waals surface area contributed by atoms with E-state index in [4.69, 9.17) is 14.2 Å². The Bertz CT molecular complexity index is 1770. The molecule has 556 valence electrons. The molecule has 11 nitrogen and oxygen atoms in total. The molecule has 1 fully saturated rings. The molecule has 0 aromatic rings. The van der Waals surface area contributed by atoms with Gasteiger partial charge >= 0.3 is 5.97 Å². The van der Waals surface area contributed by atoms with E-state index in [2.05, 4.69) is 67.8 Å². The third-order valence-corrected chi connectivity index (χ3v) is 19.3. The van der Waals surface area contributed by atoms with Gasteiger partial charge in [0.1, 0.15) is 24.4 Å². The Morgan fingerprint density at radius 1 is 0.389 bits per heavy atom. The van der Waals surface area contributed by atoms with E-state index in [-0.39, 0.29) is 18.5 Å². The summed E-state index contributed by atoms with van der Waals surface area (Å²) in [6, 6.07) is -0.808. The van der Waals surface area contributed by atoms with Crippen LogP contribution in [-0.2, 0) is 23.8 Å². The monoisotopic (exact) mass is 1340 g/mol. The standard InChI is InChI=1S/C84H155NO10/c1-3-5-7-9-11-13-15-17-18-45-48-52-56-60-64-68-72-80(89)93-73-69-65-61-57-53-49-46-43-41-39-37-35-33-31-29-27-25-23-21-19-20-22-24-26-28-30-32-34-36-38-40-42-44-47-51-55-59-63-67-71-79(88)85-76(75-94-84-83(92)82(91)81(90)78(74-86)95-84)77(87)70-66-62-58-54-50-16-14-12-10-8-6-4-2/h13,15,18-20,23,25,45,66,70,76-78,81-84,86-87,90-92H,3-12,14,16-17,21-22,24,26-44,46-65,67-69,71-75H2,1-2H3,(H,85,88)/b15-13-,20-19-,25-23-,45-18-,70-66+. The van der Waals surface area contributed by atoms with Gasteiger partial charge < -0.3 is 45.1 Å². The van der Waals surface area contributed by atoms with Crippen molar-refractivity contribution < 1.29 is 49.3 Å². The van der Waals surface area contributed by atoms with Gasteiger partial charge in [0.25, 0.3) is 0 Å². The quantitative estimate of drug-likeness (QED) is 0.0195. The topological polar surface area (TPSA) is 175 Å². The van der Waals surface area contributed by atoms with Crippen LogP contribution in [0.5, 0.6) is 0 Å². The summed E-state index contributed by atoms with van der Waals surface area (Å²) in [6.45, 7) is 4.36. The van der Waals surface area contributed by atoms with Crippen molar-refractivity contribution in [1.82, 2.24) is 5.32 Å². The molecule has 1 amide bonds. The lowest BCUT2D eigenvalue weighted by Gasteiger charge is -2.40. The maximum atomic E-state index is 13.1. The van der Waals surface area contributed by atoms with E-state index in [1.54, 1.807) is 6.08 Å². The predicted octanol–water partition coefficient (Wildman–Crippen LogP) is 22.4. The highest BCUT2D eigenvalue weighted by atomic mass is 16.7. The second-order valence-corrected chi connectivity index (χ2v) is 28.5. The molecule has 11 heteroatoms. The number of ether oxygens (including phenoxy) is 3. The summed E-state index contributed by atoms with van der Waals surface area (Å²) >= 11 is 0. The zero-order valence-electron chi connectivity index (χ0n) is 62.1. The number of carbonyl (C=O) groups excluding carboxylic acids is 2. The number of hydrogen-bond donors (Lipinski definition) is 6. The molecule has 1 heterocycles. The Balaban J connectivity index is 1.89. The number of aliphatic hydroxyl groups is 5. The molecule has 0 radical (unpaired) electrons. The minimum Gasteiger partial charge on any atom is -0.466 e. The molecule has 7 atom stereocenters. The minimum atomic E-state index is -1.57. The Morgan fingerprint density at radius 2 is 0.705 bits per heavy atom. The lowest BCUT2D eigenvalue weighted by molar-refractivity contribution is -0.302. The average Bonchev–Trinajstić information content (AvgIpc) is 0.883. The van der Waals surface area contributed by atoms with Crippen molar-refractivity contribution in [3.63, 3.8) is 0 Å². The zero-order valence-corrected chi connectivity index (χ0v) is 62.1. The SMILES string of the molecule is CCCCCC/C=C\C/C=C\CCCCCCCC(=O)OCCCCCCCCCCCCCCCCC/C=C\C/C=C\CCCCCCCCCCCCCCCCCCCC(=O)NC(COC1OC(CO)C(O)C(O)C1O)C(O)/C=C/CCCCCCCCCCCC. The molecule has 0 bridgehead atoms. The first-order valence-corrected chi connectivity index (χ1v) is 41.1. The molecule has 1 aliphatic rings. The molecule has 0 aliphatic carbocycles. The summed E-state index contributed by atoms with van der Waals surface area (Å²) in [5, 5.41) is 54.5. The molecule has 0 aromatic carbocycles. The number of hydrogen-bond acceptors (Lipinski definition) is 10. The van der Waals surface area contributed by atoms with Gasteiger partial charge in [0.05, 0.1) is 32.0 Å². The van der Waals surface area contributed by atoms with Crippen molar-refractivity contribution in [2.45, 2.75) is 442 Å². The van der Waals surface area contributed by atoms with Crippen molar-refractivity contribution in [1.29, 1.82) is 0 Å².